The Kier molecular flexibility index (Phi) is 3.85. The fourth-order valence-electron chi connectivity index (χ4n) is 1.71. The topological polar surface area (TPSA) is 119 Å². The highest BCUT2D eigenvalue weighted by molar-refractivity contribution is 7.92. The van der Waals surface area contributed by atoms with Crippen molar-refractivity contribution >= 4 is 33.0 Å². The van der Waals surface area contributed by atoms with Crippen LogP contribution in [0.15, 0.2) is 30.5 Å². The van der Waals surface area contributed by atoms with Gasteiger partial charge in [-0.25, -0.2) is 8.42 Å². The van der Waals surface area contributed by atoms with E-state index in [1.807, 2.05) is 0 Å². The number of amides is 1. The number of hydrogen-bond acceptors (Lipinski definition) is 5. The predicted octanol–water partition coefficient (Wildman–Crippen LogP) is 0.626. The largest absolute Gasteiger partial charge is 0.396 e. The van der Waals surface area contributed by atoms with Crippen LogP contribution in [0.1, 0.15) is 10.5 Å². The fraction of sp³-hybridized carbons (Fsp3) is 0.167. The number of rotatable bonds is 4. The number of nitrogens with two attached hydrogens (primary N) is 1. The first-order valence-corrected chi connectivity index (χ1v) is 7.82. The molecule has 112 valence electrons. The van der Waals surface area contributed by atoms with Gasteiger partial charge in [-0.3, -0.25) is 14.2 Å². The van der Waals surface area contributed by atoms with Crippen LogP contribution in [0.4, 0.5) is 17.1 Å². The summed E-state index contributed by atoms with van der Waals surface area (Å²) in [7, 11) is -1.66. The van der Waals surface area contributed by atoms with Gasteiger partial charge in [0, 0.05) is 24.6 Å². The van der Waals surface area contributed by atoms with Gasteiger partial charge in [0.05, 0.1) is 11.9 Å². The zero-order chi connectivity index (χ0) is 15.6. The first-order chi connectivity index (χ1) is 9.74. The van der Waals surface area contributed by atoms with Gasteiger partial charge in [0.15, 0.2) is 5.69 Å². The summed E-state index contributed by atoms with van der Waals surface area (Å²) in [5, 5.41) is 6.59. The Hall–Kier alpha value is -2.55. The van der Waals surface area contributed by atoms with Gasteiger partial charge in [-0.1, -0.05) is 0 Å². The van der Waals surface area contributed by atoms with Crippen LogP contribution >= 0.6 is 0 Å². The molecule has 0 atom stereocenters. The molecule has 0 aliphatic rings. The quantitative estimate of drug-likeness (QED) is 0.765. The number of aromatic nitrogens is 2. The number of aryl methyl sites for hydroxylation is 1. The summed E-state index contributed by atoms with van der Waals surface area (Å²) >= 11 is 0. The normalized spacial score (nSPS) is 11.1. The summed E-state index contributed by atoms with van der Waals surface area (Å²) in [6.45, 7) is 0. The summed E-state index contributed by atoms with van der Waals surface area (Å²) in [4.78, 5) is 12.0. The molecule has 1 aromatic carbocycles. The smallest absolute Gasteiger partial charge is 0.278 e. The van der Waals surface area contributed by atoms with Gasteiger partial charge in [-0.05, 0) is 24.3 Å². The lowest BCUT2D eigenvalue weighted by Gasteiger charge is -2.06. The molecule has 1 aromatic heterocycles. The molecule has 1 amide bonds. The average molecular weight is 309 g/mol. The maximum atomic E-state index is 12.0. The van der Waals surface area contributed by atoms with Crippen molar-refractivity contribution in [2.24, 2.45) is 7.05 Å². The summed E-state index contributed by atoms with van der Waals surface area (Å²) in [5.41, 5.74) is 7.00. The molecule has 0 saturated carbocycles. The van der Waals surface area contributed by atoms with Gasteiger partial charge < -0.3 is 11.1 Å². The van der Waals surface area contributed by atoms with Crippen LogP contribution in [0.5, 0.6) is 0 Å². The van der Waals surface area contributed by atoms with Crippen LogP contribution in [-0.2, 0) is 17.1 Å². The third kappa shape index (κ3) is 3.96. The summed E-state index contributed by atoms with van der Waals surface area (Å²) in [6.07, 6.45) is 2.60. The number of hydrogen-bond donors (Lipinski definition) is 3. The zero-order valence-corrected chi connectivity index (χ0v) is 12.3. The van der Waals surface area contributed by atoms with Gasteiger partial charge in [0.25, 0.3) is 5.91 Å². The molecule has 2 aromatic rings. The highest BCUT2D eigenvalue weighted by atomic mass is 32.2. The number of carbonyl (C=O) groups is 1. The van der Waals surface area contributed by atoms with Crippen molar-refractivity contribution in [3.05, 3.63) is 36.2 Å². The molecule has 0 unspecified atom stereocenters. The van der Waals surface area contributed by atoms with Gasteiger partial charge in [-0.2, -0.15) is 5.10 Å². The Labute approximate surface area is 122 Å². The van der Waals surface area contributed by atoms with E-state index in [9.17, 15) is 13.2 Å². The molecule has 4 N–H and O–H groups in total. The molecule has 2 rings (SSSR count). The molecule has 9 heteroatoms. The third-order valence-electron chi connectivity index (χ3n) is 2.52. The Balaban J connectivity index is 2.10. The first kappa shape index (κ1) is 14.9. The van der Waals surface area contributed by atoms with Crippen LogP contribution in [-0.4, -0.2) is 30.4 Å². The monoisotopic (exact) mass is 309 g/mol. The second kappa shape index (κ2) is 5.44. The molecular weight excluding hydrogens is 294 g/mol. The van der Waals surface area contributed by atoms with Crippen LogP contribution in [0.25, 0.3) is 0 Å². The van der Waals surface area contributed by atoms with E-state index in [4.69, 9.17) is 5.73 Å². The summed E-state index contributed by atoms with van der Waals surface area (Å²) in [5.74, 6) is -0.433. The van der Waals surface area contributed by atoms with Crippen molar-refractivity contribution in [1.82, 2.24) is 9.78 Å². The average Bonchev–Trinajstić information content (AvgIpc) is 2.69. The minimum Gasteiger partial charge on any atom is -0.396 e. The Morgan fingerprint density at radius 2 is 1.81 bits per heavy atom. The van der Waals surface area contributed by atoms with Crippen LogP contribution < -0.4 is 15.8 Å². The van der Waals surface area contributed by atoms with E-state index in [1.54, 1.807) is 31.3 Å². The highest BCUT2D eigenvalue weighted by Crippen LogP contribution is 2.16. The molecule has 0 bridgehead atoms. The SMILES string of the molecule is Cn1cc(N)c(C(=O)Nc2ccc(NS(C)(=O)=O)cc2)n1. The maximum Gasteiger partial charge on any atom is 0.278 e. The van der Waals surface area contributed by atoms with E-state index < -0.39 is 15.9 Å². The number of nitrogens with one attached hydrogen (secondary N) is 2. The maximum absolute atomic E-state index is 12.0. The van der Waals surface area contributed by atoms with Crippen LogP contribution in [0.2, 0.25) is 0 Å². The van der Waals surface area contributed by atoms with Crippen LogP contribution in [0, 0.1) is 0 Å². The second-order valence-corrected chi connectivity index (χ2v) is 6.26. The standard InChI is InChI=1S/C12H15N5O3S/c1-17-7-10(13)11(15-17)12(18)14-8-3-5-9(6-4-8)16-21(2,19)20/h3-7,16H,13H2,1-2H3,(H,14,18). The van der Waals surface area contributed by atoms with E-state index in [-0.39, 0.29) is 11.4 Å². The van der Waals surface area contributed by atoms with Crippen molar-refractivity contribution in [3.8, 4) is 0 Å². The lowest BCUT2D eigenvalue weighted by atomic mass is 10.2. The highest BCUT2D eigenvalue weighted by Gasteiger charge is 2.14. The van der Waals surface area contributed by atoms with Gasteiger partial charge in [0.1, 0.15) is 0 Å². The molecule has 0 aliphatic carbocycles. The number of benzene rings is 1. The van der Waals surface area contributed by atoms with E-state index in [0.717, 1.165) is 6.26 Å². The molecular formula is C12H15N5O3S. The fourth-order valence-corrected chi connectivity index (χ4v) is 2.27. The molecule has 0 fully saturated rings. The molecule has 0 radical (unpaired) electrons. The van der Waals surface area contributed by atoms with E-state index in [0.29, 0.717) is 11.4 Å². The van der Waals surface area contributed by atoms with Gasteiger partial charge in [-0.15, -0.1) is 0 Å². The minimum absolute atomic E-state index is 0.135. The zero-order valence-electron chi connectivity index (χ0n) is 11.5. The molecule has 8 nitrogen and oxygen atoms in total. The molecule has 0 saturated heterocycles. The number of anilines is 3. The van der Waals surface area contributed by atoms with Gasteiger partial charge >= 0.3 is 0 Å². The molecule has 21 heavy (non-hydrogen) atoms. The number of sulfonamides is 1. The van der Waals surface area contributed by atoms with E-state index in [2.05, 4.69) is 15.1 Å². The minimum atomic E-state index is -3.33. The lowest BCUT2D eigenvalue weighted by Crippen LogP contribution is -2.14. The second-order valence-electron chi connectivity index (χ2n) is 4.51. The summed E-state index contributed by atoms with van der Waals surface area (Å²) < 4.78 is 25.9. The summed E-state index contributed by atoms with van der Waals surface area (Å²) in [6, 6.07) is 6.23. The van der Waals surface area contributed by atoms with Crippen molar-refractivity contribution in [3.63, 3.8) is 0 Å². The lowest BCUT2D eigenvalue weighted by molar-refractivity contribution is 0.102. The van der Waals surface area contributed by atoms with Crippen LogP contribution in [0.3, 0.4) is 0 Å². The Morgan fingerprint density at radius 1 is 1.24 bits per heavy atom. The first-order valence-electron chi connectivity index (χ1n) is 5.93. The molecule has 0 aliphatic heterocycles. The molecule has 1 heterocycles. The van der Waals surface area contributed by atoms with Crippen molar-refractivity contribution < 1.29 is 13.2 Å². The van der Waals surface area contributed by atoms with Gasteiger partial charge in [0.2, 0.25) is 10.0 Å². The third-order valence-corrected chi connectivity index (χ3v) is 3.12. The predicted molar refractivity (Wildman–Crippen MR) is 80.5 cm³/mol. The number of nitrogen functional groups attached to an aromatic ring is 1. The Morgan fingerprint density at radius 3 is 2.29 bits per heavy atom. The molecule has 0 spiro atoms. The Bertz CT molecular complexity index is 765. The van der Waals surface area contributed by atoms with E-state index in [1.165, 1.54) is 10.9 Å². The number of carbonyl (C=O) groups excluding carboxylic acids is 1. The number of nitrogens with zero attached hydrogens (tertiary/aromatic N) is 2. The van der Waals surface area contributed by atoms with E-state index >= 15 is 0 Å². The van der Waals surface area contributed by atoms with Crippen molar-refractivity contribution in [2.75, 3.05) is 22.0 Å². The van der Waals surface area contributed by atoms with Crippen molar-refractivity contribution in [2.45, 2.75) is 0 Å². The van der Waals surface area contributed by atoms with Crippen molar-refractivity contribution in [1.29, 1.82) is 0 Å².